The summed E-state index contributed by atoms with van der Waals surface area (Å²) in [6, 6.07) is 0. The fraction of sp³-hybridized carbons (Fsp3) is 0.667. The summed E-state index contributed by atoms with van der Waals surface area (Å²) in [5.74, 6) is 0. The Hall–Kier alpha value is -1.56. The molecular weight excluding hydrogens is 234 g/mol. The number of hydrogen-bond donors (Lipinski definition) is 0. The zero-order valence-electron chi connectivity index (χ0n) is 10.8. The molecule has 100 valence electrons. The summed E-state index contributed by atoms with van der Waals surface area (Å²) in [4.78, 5) is 13.3. The highest BCUT2D eigenvalue weighted by Gasteiger charge is 2.19. The highest BCUT2D eigenvalue weighted by atomic mass is 16.6. The molecule has 6 heteroatoms. The highest BCUT2D eigenvalue weighted by Crippen LogP contribution is 2.12. The molecule has 1 atom stereocenters. The Morgan fingerprint density at radius 3 is 3.17 bits per heavy atom. The Labute approximate surface area is 106 Å². The number of aryl methyl sites for hydroxylation is 1. The molecule has 6 nitrogen and oxygen atoms in total. The van der Waals surface area contributed by atoms with Crippen LogP contribution in [-0.4, -0.2) is 47.1 Å². The molecule has 18 heavy (non-hydrogen) atoms. The summed E-state index contributed by atoms with van der Waals surface area (Å²) < 4.78 is 12.3. The van der Waals surface area contributed by atoms with Gasteiger partial charge in [-0.05, 0) is 12.8 Å². The van der Waals surface area contributed by atoms with E-state index in [-0.39, 0.29) is 12.2 Å². The maximum atomic E-state index is 11.7. The van der Waals surface area contributed by atoms with Gasteiger partial charge >= 0.3 is 6.09 Å². The Kier molecular flexibility index (Phi) is 4.19. The van der Waals surface area contributed by atoms with Crippen LogP contribution in [0.4, 0.5) is 4.79 Å². The summed E-state index contributed by atoms with van der Waals surface area (Å²) in [5.41, 5.74) is 0.981. The molecule has 1 amide bonds. The van der Waals surface area contributed by atoms with Crippen molar-refractivity contribution in [3.8, 4) is 0 Å². The van der Waals surface area contributed by atoms with Gasteiger partial charge in [0.25, 0.3) is 0 Å². The van der Waals surface area contributed by atoms with Crippen molar-refractivity contribution in [2.45, 2.75) is 25.5 Å². The maximum Gasteiger partial charge on any atom is 0.409 e. The fourth-order valence-electron chi connectivity index (χ4n) is 1.94. The first-order chi connectivity index (χ1) is 8.65. The van der Waals surface area contributed by atoms with Crippen LogP contribution in [0, 0.1) is 0 Å². The number of nitrogens with zero attached hydrogens (tertiary/aromatic N) is 3. The van der Waals surface area contributed by atoms with Crippen molar-refractivity contribution in [1.82, 2.24) is 14.7 Å². The van der Waals surface area contributed by atoms with Gasteiger partial charge in [-0.3, -0.25) is 4.68 Å². The molecule has 0 spiro atoms. The molecule has 1 fully saturated rings. The number of ether oxygens (including phenoxy) is 2. The molecule has 0 aromatic carbocycles. The molecule has 1 aliphatic rings. The van der Waals surface area contributed by atoms with Crippen molar-refractivity contribution in [1.29, 1.82) is 0 Å². The van der Waals surface area contributed by atoms with Gasteiger partial charge in [-0.1, -0.05) is 0 Å². The minimum absolute atomic E-state index is 0.0701. The van der Waals surface area contributed by atoms with Gasteiger partial charge in [-0.2, -0.15) is 5.10 Å². The molecule has 0 saturated carbocycles. The molecule has 1 aromatic heterocycles. The van der Waals surface area contributed by atoms with E-state index in [1.165, 1.54) is 4.90 Å². The average Bonchev–Trinajstić information content (AvgIpc) is 2.97. The average molecular weight is 253 g/mol. The van der Waals surface area contributed by atoms with Gasteiger partial charge in [0.05, 0.1) is 18.8 Å². The lowest BCUT2D eigenvalue weighted by molar-refractivity contribution is 0.0320. The summed E-state index contributed by atoms with van der Waals surface area (Å²) in [6.07, 6.45) is 5.39. The van der Waals surface area contributed by atoms with Crippen LogP contribution in [0.1, 0.15) is 18.4 Å². The van der Waals surface area contributed by atoms with Gasteiger partial charge in [0, 0.05) is 32.5 Å². The normalized spacial score (nSPS) is 18.9. The van der Waals surface area contributed by atoms with Gasteiger partial charge in [-0.15, -0.1) is 0 Å². The first-order valence-electron chi connectivity index (χ1n) is 6.12. The Morgan fingerprint density at radius 2 is 2.56 bits per heavy atom. The molecule has 1 saturated heterocycles. The lowest BCUT2D eigenvalue weighted by Crippen LogP contribution is -2.29. The second-order valence-electron chi connectivity index (χ2n) is 4.59. The summed E-state index contributed by atoms with van der Waals surface area (Å²) in [6.45, 7) is 1.61. The third-order valence-corrected chi connectivity index (χ3v) is 2.91. The summed E-state index contributed by atoms with van der Waals surface area (Å²) >= 11 is 0. The van der Waals surface area contributed by atoms with Crippen molar-refractivity contribution in [3.05, 3.63) is 18.0 Å². The van der Waals surface area contributed by atoms with Crippen LogP contribution in [0.3, 0.4) is 0 Å². The number of aromatic nitrogens is 2. The monoisotopic (exact) mass is 253 g/mol. The topological polar surface area (TPSA) is 56.6 Å². The Balaban J connectivity index is 1.74. The Bertz CT molecular complexity index is 399. The van der Waals surface area contributed by atoms with E-state index in [0.29, 0.717) is 13.2 Å². The van der Waals surface area contributed by atoms with E-state index >= 15 is 0 Å². The van der Waals surface area contributed by atoms with E-state index in [9.17, 15) is 4.79 Å². The van der Waals surface area contributed by atoms with Crippen LogP contribution in [-0.2, 0) is 23.1 Å². The minimum Gasteiger partial charge on any atom is -0.447 e. The fourth-order valence-corrected chi connectivity index (χ4v) is 1.94. The quantitative estimate of drug-likeness (QED) is 0.808. The molecule has 1 aromatic rings. The molecule has 0 bridgehead atoms. The third-order valence-electron chi connectivity index (χ3n) is 2.91. The minimum atomic E-state index is -0.325. The smallest absolute Gasteiger partial charge is 0.409 e. The number of amides is 1. The molecule has 0 radical (unpaired) electrons. The van der Waals surface area contributed by atoms with Gasteiger partial charge < -0.3 is 14.4 Å². The Morgan fingerprint density at radius 1 is 1.72 bits per heavy atom. The van der Waals surface area contributed by atoms with Crippen molar-refractivity contribution < 1.29 is 14.3 Å². The van der Waals surface area contributed by atoms with E-state index in [2.05, 4.69) is 5.10 Å². The van der Waals surface area contributed by atoms with Crippen molar-refractivity contribution in [2.24, 2.45) is 7.05 Å². The SMILES string of the molecule is CN(Cc1cnn(C)c1)C(=O)OC[C@H]1CCCO1. The van der Waals surface area contributed by atoms with E-state index in [1.807, 2.05) is 13.2 Å². The van der Waals surface area contributed by atoms with E-state index < -0.39 is 0 Å². The van der Waals surface area contributed by atoms with Crippen LogP contribution in [0.2, 0.25) is 0 Å². The van der Waals surface area contributed by atoms with Crippen molar-refractivity contribution in [3.63, 3.8) is 0 Å². The lowest BCUT2D eigenvalue weighted by atomic mass is 10.2. The van der Waals surface area contributed by atoms with Gasteiger partial charge in [0.1, 0.15) is 6.61 Å². The molecule has 2 heterocycles. The summed E-state index contributed by atoms with van der Waals surface area (Å²) in [5, 5.41) is 4.06. The third kappa shape index (κ3) is 3.46. The van der Waals surface area contributed by atoms with Crippen LogP contribution in [0.15, 0.2) is 12.4 Å². The lowest BCUT2D eigenvalue weighted by Gasteiger charge is -2.17. The van der Waals surface area contributed by atoms with Gasteiger partial charge in [0.2, 0.25) is 0 Å². The largest absolute Gasteiger partial charge is 0.447 e. The summed E-state index contributed by atoms with van der Waals surface area (Å²) in [7, 11) is 3.56. The van der Waals surface area contributed by atoms with Crippen molar-refractivity contribution in [2.75, 3.05) is 20.3 Å². The number of carbonyl (C=O) groups is 1. The van der Waals surface area contributed by atoms with Crippen LogP contribution < -0.4 is 0 Å². The second-order valence-corrected chi connectivity index (χ2v) is 4.59. The van der Waals surface area contributed by atoms with E-state index in [1.54, 1.807) is 17.9 Å². The molecular formula is C12H19N3O3. The number of carbonyl (C=O) groups excluding carboxylic acids is 1. The van der Waals surface area contributed by atoms with Gasteiger partial charge in [0.15, 0.2) is 0 Å². The van der Waals surface area contributed by atoms with Crippen LogP contribution in [0.5, 0.6) is 0 Å². The first kappa shape index (κ1) is 12.9. The zero-order chi connectivity index (χ0) is 13.0. The molecule has 2 rings (SSSR count). The molecule has 0 unspecified atom stereocenters. The van der Waals surface area contributed by atoms with Crippen LogP contribution in [0.25, 0.3) is 0 Å². The first-order valence-corrected chi connectivity index (χ1v) is 6.12. The van der Waals surface area contributed by atoms with Gasteiger partial charge in [-0.25, -0.2) is 4.79 Å². The zero-order valence-corrected chi connectivity index (χ0v) is 10.8. The molecule has 1 aliphatic heterocycles. The highest BCUT2D eigenvalue weighted by molar-refractivity contribution is 5.67. The maximum absolute atomic E-state index is 11.7. The predicted octanol–water partition coefficient (Wildman–Crippen LogP) is 1.17. The number of rotatable bonds is 4. The standard InChI is InChI=1S/C12H19N3O3/c1-14(7-10-6-13-15(2)8-10)12(16)18-9-11-4-3-5-17-11/h6,8,11H,3-5,7,9H2,1-2H3/t11-/m1/s1. The second kappa shape index (κ2) is 5.86. The predicted molar refractivity (Wildman–Crippen MR) is 65.0 cm³/mol. The van der Waals surface area contributed by atoms with E-state index in [4.69, 9.17) is 9.47 Å². The molecule has 0 N–H and O–H groups in total. The van der Waals surface area contributed by atoms with E-state index in [0.717, 1.165) is 25.0 Å². The van der Waals surface area contributed by atoms with Crippen LogP contribution >= 0.6 is 0 Å². The number of hydrogen-bond acceptors (Lipinski definition) is 4. The van der Waals surface area contributed by atoms with Crippen molar-refractivity contribution >= 4 is 6.09 Å². The molecule has 0 aliphatic carbocycles.